The maximum absolute atomic E-state index is 12.1. The van der Waals surface area contributed by atoms with Crippen LogP contribution in [0, 0.1) is 0 Å². The van der Waals surface area contributed by atoms with Crippen LogP contribution in [0.15, 0.2) is 22.7 Å². The van der Waals surface area contributed by atoms with Gasteiger partial charge in [0.2, 0.25) is 0 Å². The topological polar surface area (TPSA) is 62.3 Å². The summed E-state index contributed by atoms with van der Waals surface area (Å²) in [5, 5.41) is 9.94. The number of aromatic nitrogens is 1. The number of aryl methyl sites for hydroxylation is 1. The average Bonchev–Trinajstić information content (AvgIpc) is 2.80. The number of aliphatic hydroxyl groups is 1. The molecule has 1 aromatic heterocycles. The van der Waals surface area contributed by atoms with Crippen molar-refractivity contribution in [3.63, 3.8) is 0 Å². The summed E-state index contributed by atoms with van der Waals surface area (Å²) >= 11 is 3.49. The van der Waals surface area contributed by atoms with Crippen LogP contribution in [0.25, 0.3) is 10.9 Å². The Morgan fingerprint density at radius 1 is 1.40 bits per heavy atom. The number of nitrogens with one attached hydrogen (secondary N) is 1. The van der Waals surface area contributed by atoms with Crippen molar-refractivity contribution in [3.05, 3.63) is 33.9 Å². The summed E-state index contributed by atoms with van der Waals surface area (Å²) in [5.74, 6) is -0.324. The Kier molecular flexibility index (Phi) is 5.20. The summed E-state index contributed by atoms with van der Waals surface area (Å²) in [4.78, 5) is 15.2. The first kappa shape index (κ1) is 15.1. The van der Waals surface area contributed by atoms with Crippen LogP contribution in [0.5, 0.6) is 0 Å². The van der Waals surface area contributed by atoms with Crippen LogP contribution in [0.1, 0.15) is 35.8 Å². The molecule has 1 heterocycles. The van der Waals surface area contributed by atoms with Crippen molar-refractivity contribution in [1.82, 2.24) is 4.98 Å². The number of esters is 1. The zero-order valence-corrected chi connectivity index (χ0v) is 13.0. The Morgan fingerprint density at radius 3 is 2.90 bits per heavy atom. The van der Waals surface area contributed by atoms with E-state index < -0.39 is 0 Å². The molecule has 5 heteroatoms. The first-order chi connectivity index (χ1) is 9.69. The Morgan fingerprint density at radius 2 is 2.20 bits per heavy atom. The first-order valence-corrected chi connectivity index (χ1v) is 7.55. The molecule has 2 aromatic rings. The van der Waals surface area contributed by atoms with Crippen LogP contribution >= 0.6 is 15.9 Å². The van der Waals surface area contributed by atoms with E-state index in [1.54, 1.807) is 6.92 Å². The van der Waals surface area contributed by atoms with Crippen LogP contribution in [0.2, 0.25) is 0 Å². The summed E-state index contributed by atoms with van der Waals surface area (Å²) in [6.07, 6.45) is 2.30. The van der Waals surface area contributed by atoms with Crippen molar-refractivity contribution in [2.24, 2.45) is 0 Å². The molecule has 0 bridgehead atoms. The Labute approximate surface area is 126 Å². The van der Waals surface area contributed by atoms with Crippen molar-refractivity contribution in [1.29, 1.82) is 0 Å². The minimum absolute atomic E-state index is 0.167. The van der Waals surface area contributed by atoms with E-state index in [0.717, 1.165) is 40.2 Å². The standard InChI is InChI=1S/C15H18BrNO3/c1-2-20-15(19)14-11(6-3-4-9-18)10-7-5-8-12(16)13(10)17-14/h5,7-8,17-18H,2-4,6,9H2,1H3. The molecule has 1 aromatic carbocycles. The fourth-order valence-electron chi connectivity index (χ4n) is 2.29. The van der Waals surface area contributed by atoms with E-state index in [1.807, 2.05) is 18.2 Å². The molecule has 0 unspecified atom stereocenters. The smallest absolute Gasteiger partial charge is 0.355 e. The number of fused-ring (bicyclic) bond motifs is 1. The second-order valence-electron chi connectivity index (χ2n) is 4.54. The number of benzene rings is 1. The van der Waals surface area contributed by atoms with Gasteiger partial charge in [0.1, 0.15) is 5.69 Å². The summed E-state index contributed by atoms with van der Waals surface area (Å²) < 4.78 is 6.03. The third kappa shape index (κ3) is 3.04. The van der Waals surface area contributed by atoms with Crippen molar-refractivity contribution in [2.75, 3.05) is 13.2 Å². The van der Waals surface area contributed by atoms with Gasteiger partial charge >= 0.3 is 5.97 Å². The molecule has 2 rings (SSSR count). The summed E-state index contributed by atoms with van der Waals surface area (Å²) in [5.41, 5.74) is 2.40. The van der Waals surface area contributed by atoms with Crippen molar-refractivity contribution in [2.45, 2.75) is 26.2 Å². The van der Waals surface area contributed by atoms with Gasteiger partial charge in [-0.15, -0.1) is 0 Å². The van der Waals surface area contributed by atoms with Gasteiger partial charge in [0.05, 0.1) is 12.1 Å². The van der Waals surface area contributed by atoms with E-state index in [2.05, 4.69) is 20.9 Å². The monoisotopic (exact) mass is 339 g/mol. The molecule has 108 valence electrons. The van der Waals surface area contributed by atoms with E-state index in [0.29, 0.717) is 12.3 Å². The molecular weight excluding hydrogens is 322 g/mol. The maximum Gasteiger partial charge on any atom is 0.355 e. The van der Waals surface area contributed by atoms with E-state index >= 15 is 0 Å². The number of aliphatic hydroxyl groups excluding tert-OH is 1. The SMILES string of the molecule is CCOC(=O)c1[nH]c2c(Br)cccc2c1CCCCO. The number of halogens is 1. The summed E-state index contributed by atoms with van der Waals surface area (Å²) in [6, 6.07) is 5.88. The molecule has 0 radical (unpaired) electrons. The Balaban J connectivity index is 2.45. The summed E-state index contributed by atoms with van der Waals surface area (Å²) in [6.45, 7) is 2.31. The number of rotatable bonds is 6. The highest BCUT2D eigenvalue weighted by Crippen LogP contribution is 2.30. The van der Waals surface area contributed by atoms with Gasteiger partial charge in [0, 0.05) is 16.5 Å². The van der Waals surface area contributed by atoms with Gasteiger partial charge in [0.25, 0.3) is 0 Å². The second-order valence-corrected chi connectivity index (χ2v) is 5.40. The molecule has 0 fully saturated rings. The zero-order valence-electron chi connectivity index (χ0n) is 11.4. The van der Waals surface area contributed by atoms with Crippen molar-refractivity contribution < 1.29 is 14.6 Å². The third-order valence-electron chi connectivity index (χ3n) is 3.20. The molecule has 0 saturated heterocycles. The van der Waals surface area contributed by atoms with Gasteiger partial charge in [-0.05, 0) is 53.7 Å². The minimum atomic E-state index is -0.324. The molecule has 0 aliphatic rings. The van der Waals surface area contributed by atoms with Gasteiger partial charge in [-0.25, -0.2) is 4.79 Å². The number of para-hydroxylation sites is 1. The highest BCUT2D eigenvalue weighted by atomic mass is 79.9. The lowest BCUT2D eigenvalue weighted by molar-refractivity contribution is 0.0519. The fraction of sp³-hybridized carbons (Fsp3) is 0.400. The van der Waals surface area contributed by atoms with Crippen LogP contribution in [-0.2, 0) is 11.2 Å². The van der Waals surface area contributed by atoms with E-state index in [9.17, 15) is 4.79 Å². The second kappa shape index (κ2) is 6.90. The molecule has 0 atom stereocenters. The molecule has 0 aliphatic carbocycles. The summed E-state index contributed by atoms with van der Waals surface area (Å²) in [7, 11) is 0. The molecule has 2 N–H and O–H groups in total. The number of H-pyrrole nitrogens is 1. The van der Waals surface area contributed by atoms with E-state index in [4.69, 9.17) is 9.84 Å². The van der Waals surface area contributed by atoms with Crippen LogP contribution in [0.3, 0.4) is 0 Å². The van der Waals surface area contributed by atoms with E-state index in [1.165, 1.54) is 0 Å². The predicted molar refractivity (Wildman–Crippen MR) is 82.0 cm³/mol. The van der Waals surface area contributed by atoms with Gasteiger partial charge in [-0.2, -0.15) is 0 Å². The lowest BCUT2D eigenvalue weighted by Crippen LogP contribution is -2.08. The van der Waals surface area contributed by atoms with Gasteiger partial charge in [-0.3, -0.25) is 0 Å². The molecule has 0 amide bonds. The van der Waals surface area contributed by atoms with Crippen LogP contribution in [-0.4, -0.2) is 29.3 Å². The van der Waals surface area contributed by atoms with Gasteiger partial charge in [0.15, 0.2) is 0 Å². The number of hydrogen-bond acceptors (Lipinski definition) is 3. The molecule has 20 heavy (non-hydrogen) atoms. The van der Waals surface area contributed by atoms with Crippen molar-refractivity contribution >= 4 is 32.8 Å². The third-order valence-corrected chi connectivity index (χ3v) is 3.87. The normalized spacial score (nSPS) is 10.9. The van der Waals surface area contributed by atoms with Gasteiger partial charge in [-0.1, -0.05) is 12.1 Å². The minimum Gasteiger partial charge on any atom is -0.461 e. The number of aromatic amines is 1. The lowest BCUT2D eigenvalue weighted by atomic mass is 10.0. The lowest BCUT2D eigenvalue weighted by Gasteiger charge is -2.04. The molecule has 0 aliphatic heterocycles. The van der Waals surface area contributed by atoms with Gasteiger partial charge < -0.3 is 14.8 Å². The Bertz CT molecular complexity index is 606. The maximum atomic E-state index is 12.1. The number of carbonyl (C=O) groups excluding carboxylic acids is 1. The number of ether oxygens (including phenoxy) is 1. The average molecular weight is 340 g/mol. The fourth-order valence-corrected chi connectivity index (χ4v) is 2.75. The quantitative estimate of drug-likeness (QED) is 0.626. The van der Waals surface area contributed by atoms with Crippen LogP contribution in [0.4, 0.5) is 0 Å². The number of unbranched alkanes of at least 4 members (excludes halogenated alkanes) is 1. The first-order valence-electron chi connectivity index (χ1n) is 6.76. The Hall–Kier alpha value is -1.33. The largest absolute Gasteiger partial charge is 0.461 e. The molecule has 0 spiro atoms. The van der Waals surface area contributed by atoms with Crippen molar-refractivity contribution in [3.8, 4) is 0 Å². The highest BCUT2D eigenvalue weighted by Gasteiger charge is 2.19. The van der Waals surface area contributed by atoms with E-state index in [-0.39, 0.29) is 12.6 Å². The predicted octanol–water partition coefficient (Wildman–Crippen LogP) is 3.42. The highest BCUT2D eigenvalue weighted by molar-refractivity contribution is 9.10. The molecule has 0 saturated carbocycles. The zero-order chi connectivity index (χ0) is 14.5. The number of hydrogen-bond donors (Lipinski definition) is 2. The molecular formula is C15H18BrNO3. The molecule has 4 nitrogen and oxygen atoms in total. The van der Waals surface area contributed by atoms with Crippen LogP contribution < -0.4 is 0 Å². The number of carbonyl (C=O) groups is 1.